The minimum Gasteiger partial charge on any atom is -0.205 e. The Labute approximate surface area is 90.5 Å². The molecule has 13 heavy (non-hydrogen) atoms. The second-order valence-electron chi connectivity index (χ2n) is 2.80. The van der Waals surface area contributed by atoms with E-state index in [0.717, 1.165) is 16.5 Å². The maximum Gasteiger partial charge on any atom is 0.142 e. The Morgan fingerprint density at radius 3 is 2.85 bits per heavy atom. The van der Waals surface area contributed by atoms with Gasteiger partial charge in [-0.25, -0.2) is 4.39 Å². The van der Waals surface area contributed by atoms with E-state index in [1.54, 1.807) is 12.1 Å². The molecule has 0 N–H and O–H groups in total. The predicted molar refractivity (Wildman–Crippen MR) is 58.9 cm³/mol. The average molecular weight is 264 g/mol. The van der Waals surface area contributed by atoms with E-state index in [1.165, 1.54) is 6.07 Å². The summed E-state index contributed by atoms with van der Waals surface area (Å²) in [5.41, 5.74) is 1.97. The zero-order valence-electron chi connectivity index (χ0n) is 7.15. The Bertz CT molecular complexity index is 334. The average Bonchev–Trinajstić information content (AvgIpc) is 2.11. The minimum atomic E-state index is -0.377. The Hall–Kier alpha value is -0.340. The molecule has 0 aliphatic rings. The molecule has 0 saturated heterocycles. The zero-order chi connectivity index (χ0) is 9.84. The summed E-state index contributed by atoms with van der Waals surface area (Å²) in [5.74, 6) is -0.377. The molecule has 1 aromatic carbocycles. The number of benzene rings is 1. The van der Waals surface area contributed by atoms with Crippen molar-refractivity contribution in [2.24, 2.45) is 0 Å². The molecule has 0 nitrogen and oxygen atoms in total. The van der Waals surface area contributed by atoms with Crippen molar-refractivity contribution < 1.29 is 4.39 Å². The van der Waals surface area contributed by atoms with Gasteiger partial charge in [-0.3, -0.25) is 0 Å². The third-order valence-electron chi connectivity index (χ3n) is 1.57. The molecule has 0 aliphatic heterocycles. The maximum absolute atomic E-state index is 13.0. The van der Waals surface area contributed by atoms with Gasteiger partial charge in [0, 0.05) is 5.33 Å². The van der Waals surface area contributed by atoms with Gasteiger partial charge in [-0.15, -0.1) is 0 Å². The van der Waals surface area contributed by atoms with Crippen LogP contribution in [0.2, 0.25) is 5.02 Å². The molecule has 0 atom stereocenters. The van der Waals surface area contributed by atoms with E-state index in [-0.39, 0.29) is 10.8 Å². The standard InChI is InChI=1S/C10H9BrClF/c1-7(6-11)4-8-2-3-9(12)10(13)5-8/h2-5H,6H2,1H3. The molecule has 3 heteroatoms. The van der Waals surface area contributed by atoms with Crippen LogP contribution in [0.3, 0.4) is 0 Å². The Morgan fingerprint density at radius 2 is 2.31 bits per heavy atom. The van der Waals surface area contributed by atoms with Crippen molar-refractivity contribution in [3.05, 3.63) is 40.2 Å². The van der Waals surface area contributed by atoms with Crippen molar-refractivity contribution in [1.82, 2.24) is 0 Å². The highest BCUT2D eigenvalue weighted by atomic mass is 79.9. The van der Waals surface area contributed by atoms with Crippen LogP contribution in [0.4, 0.5) is 4.39 Å². The summed E-state index contributed by atoms with van der Waals surface area (Å²) < 4.78 is 13.0. The van der Waals surface area contributed by atoms with Crippen LogP contribution in [0.1, 0.15) is 12.5 Å². The van der Waals surface area contributed by atoms with Gasteiger partial charge in [0.25, 0.3) is 0 Å². The van der Waals surface area contributed by atoms with Crippen molar-refractivity contribution in [2.45, 2.75) is 6.92 Å². The molecule has 1 aromatic rings. The molecule has 0 aromatic heterocycles. The fraction of sp³-hybridized carbons (Fsp3) is 0.200. The highest BCUT2D eigenvalue weighted by Crippen LogP contribution is 2.17. The van der Waals surface area contributed by atoms with E-state index in [0.29, 0.717) is 0 Å². The summed E-state index contributed by atoms with van der Waals surface area (Å²) in [5, 5.41) is 0.950. The van der Waals surface area contributed by atoms with Crippen molar-refractivity contribution >= 4 is 33.6 Å². The fourth-order valence-electron chi connectivity index (χ4n) is 0.925. The Morgan fingerprint density at radius 1 is 1.62 bits per heavy atom. The van der Waals surface area contributed by atoms with Crippen LogP contribution in [0.5, 0.6) is 0 Å². The van der Waals surface area contributed by atoms with Gasteiger partial charge in [0.2, 0.25) is 0 Å². The first-order valence-electron chi connectivity index (χ1n) is 3.81. The van der Waals surface area contributed by atoms with Gasteiger partial charge in [0.15, 0.2) is 0 Å². The van der Waals surface area contributed by atoms with Crippen LogP contribution in [0, 0.1) is 5.82 Å². The number of halogens is 3. The van der Waals surface area contributed by atoms with Gasteiger partial charge in [-0.2, -0.15) is 0 Å². The topological polar surface area (TPSA) is 0 Å². The van der Waals surface area contributed by atoms with Crippen LogP contribution in [-0.2, 0) is 0 Å². The van der Waals surface area contributed by atoms with Gasteiger partial charge in [-0.05, 0) is 24.6 Å². The normalized spacial score (nSPS) is 11.8. The molecular formula is C10H9BrClF. The summed E-state index contributed by atoms with van der Waals surface area (Å²) in [6, 6.07) is 4.77. The van der Waals surface area contributed by atoms with E-state index in [2.05, 4.69) is 15.9 Å². The van der Waals surface area contributed by atoms with Crippen LogP contribution in [-0.4, -0.2) is 5.33 Å². The number of rotatable bonds is 2. The highest BCUT2D eigenvalue weighted by Gasteiger charge is 1.98. The summed E-state index contributed by atoms with van der Waals surface area (Å²) in [6.07, 6.45) is 1.91. The third-order valence-corrected chi connectivity index (χ3v) is 2.76. The summed E-state index contributed by atoms with van der Waals surface area (Å²) in [4.78, 5) is 0. The van der Waals surface area contributed by atoms with Crippen molar-refractivity contribution in [2.75, 3.05) is 5.33 Å². The smallest absolute Gasteiger partial charge is 0.142 e. The third kappa shape index (κ3) is 3.12. The maximum atomic E-state index is 13.0. The molecule has 0 heterocycles. The predicted octanol–water partition coefficient (Wildman–Crippen LogP) is 4.28. The number of hydrogen-bond acceptors (Lipinski definition) is 0. The molecule has 0 radical (unpaired) electrons. The molecular weight excluding hydrogens is 254 g/mol. The molecule has 1 rings (SSSR count). The SMILES string of the molecule is CC(=Cc1ccc(Cl)c(F)c1)CBr. The lowest BCUT2D eigenvalue weighted by Crippen LogP contribution is -1.81. The van der Waals surface area contributed by atoms with Crippen LogP contribution < -0.4 is 0 Å². The number of allylic oxidation sites excluding steroid dienone is 1. The molecule has 0 aliphatic carbocycles. The van der Waals surface area contributed by atoms with Crippen LogP contribution in [0.15, 0.2) is 23.8 Å². The van der Waals surface area contributed by atoms with Gasteiger partial charge in [-0.1, -0.05) is 45.2 Å². The molecule has 0 bridgehead atoms. The van der Waals surface area contributed by atoms with Crippen molar-refractivity contribution in [3.8, 4) is 0 Å². The van der Waals surface area contributed by atoms with Gasteiger partial charge in [0.1, 0.15) is 5.82 Å². The van der Waals surface area contributed by atoms with E-state index in [1.807, 2.05) is 13.0 Å². The van der Waals surface area contributed by atoms with E-state index in [4.69, 9.17) is 11.6 Å². The lowest BCUT2D eigenvalue weighted by atomic mass is 10.1. The van der Waals surface area contributed by atoms with Crippen molar-refractivity contribution in [3.63, 3.8) is 0 Å². The first-order valence-corrected chi connectivity index (χ1v) is 5.31. The number of alkyl halides is 1. The summed E-state index contributed by atoms with van der Waals surface area (Å²) in [6.45, 7) is 1.97. The fourth-order valence-corrected chi connectivity index (χ4v) is 1.20. The monoisotopic (exact) mass is 262 g/mol. The van der Waals surface area contributed by atoms with Crippen molar-refractivity contribution in [1.29, 1.82) is 0 Å². The van der Waals surface area contributed by atoms with E-state index < -0.39 is 0 Å². The summed E-state index contributed by atoms with van der Waals surface area (Å²) in [7, 11) is 0. The van der Waals surface area contributed by atoms with E-state index in [9.17, 15) is 4.39 Å². The van der Waals surface area contributed by atoms with Crippen LogP contribution in [0.25, 0.3) is 6.08 Å². The first-order chi connectivity index (χ1) is 6.13. The quantitative estimate of drug-likeness (QED) is 0.699. The highest BCUT2D eigenvalue weighted by molar-refractivity contribution is 9.09. The van der Waals surface area contributed by atoms with Gasteiger partial charge in [0.05, 0.1) is 5.02 Å². The Kier molecular flexibility index (Phi) is 3.94. The van der Waals surface area contributed by atoms with E-state index >= 15 is 0 Å². The lowest BCUT2D eigenvalue weighted by molar-refractivity contribution is 0.628. The first kappa shape index (κ1) is 10.7. The van der Waals surface area contributed by atoms with Gasteiger partial charge < -0.3 is 0 Å². The van der Waals surface area contributed by atoms with Crippen LogP contribution >= 0.6 is 27.5 Å². The molecule has 70 valence electrons. The minimum absolute atomic E-state index is 0.161. The lowest BCUT2D eigenvalue weighted by Gasteiger charge is -1.98. The number of hydrogen-bond donors (Lipinski definition) is 0. The Balaban J connectivity index is 2.98. The molecule has 0 saturated carbocycles. The zero-order valence-corrected chi connectivity index (χ0v) is 9.49. The molecule has 0 amide bonds. The molecule has 0 fully saturated rings. The molecule has 0 unspecified atom stereocenters. The largest absolute Gasteiger partial charge is 0.205 e. The second-order valence-corrected chi connectivity index (χ2v) is 3.77. The molecule has 0 spiro atoms. The second kappa shape index (κ2) is 4.77. The van der Waals surface area contributed by atoms with Gasteiger partial charge >= 0.3 is 0 Å². The summed E-state index contributed by atoms with van der Waals surface area (Å²) >= 11 is 8.86.